The van der Waals surface area contributed by atoms with Crippen molar-refractivity contribution >= 4 is 17.5 Å². The number of benzene rings is 1. The van der Waals surface area contributed by atoms with E-state index in [0.717, 1.165) is 12.8 Å². The Hall–Kier alpha value is -2.04. The molecule has 0 aliphatic carbocycles. The van der Waals surface area contributed by atoms with Gasteiger partial charge in [-0.15, -0.1) is 0 Å². The number of anilines is 1. The number of aromatic hydroxyl groups is 1. The first kappa shape index (κ1) is 13.4. The molecule has 1 aliphatic rings. The fraction of sp³-hybridized carbons (Fsp3) is 0.429. The Morgan fingerprint density at radius 3 is 2.63 bits per heavy atom. The van der Waals surface area contributed by atoms with Gasteiger partial charge in [0, 0.05) is 24.8 Å². The summed E-state index contributed by atoms with van der Waals surface area (Å²) in [7, 11) is 0. The van der Waals surface area contributed by atoms with Gasteiger partial charge < -0.3 is 15.3 Å². The third-order valence-electron chi connectivity index (χ3n) is 3.37. The summed E-state index contributed by atoms with van der Waals surface area (Å²) in [6.45, 7) is 3.41. The van der Waals surface area contributed by atoms with Gasteiger partial charge in [-0.2, -0.15) is 0 Å². The molecule has 5 nitrogen and oxygen atoms in total. The van der Waals surface area contributed by atoms with Gasteiger partial charge in [0.15, 0.2) is 0 Å². The van der Waals surface area contributed by atoms with Crippen molar-refractivity contribution in [2.45, 2.75) is 19.8 Å². The van der Waals surface area contributed by atoms with Crippen molar-refractivity contribution in [1.29, 1.82) is 0 Å². The number of amides is 2. The van der Waals surface area contributed by atoms with Gasteiger partial charge in [-0.25, -0.2) is 0 Å². The van der Waals surface area contributed by atoms with Crippen LogP contribution in [0.3, 0.4) is 0 Å². The number of carbonyl (C=O) groups excluding carboxylic acids is 2. The molecule has 102 valence electrons. The molecule has 1 fully saturated rings. The maximum atomic E-state index is 11.9. The molecule has 19 heavy (non-hydrogen) atoms. The van der Waals surface area contributed by atoms with E-state index in [1.807, 2.05) is 0 Å². The van der Waals surface area contributed by atoms with Crippen molar-refractivity contribution in [3.05, 3.63) is 24.3 Å². The van der Waals surface area contributed by atoms with Crippen LogP contribution >= 0.6 is 0 Å². The van der Waals surface area contributed by atoms with Crippen LogP contribution in [0.1, 0.15) is 19.8 Å². The summed E-state index contributed by atoms with van der Waals surface area (Å²) in [4.78, 5) is 25.3. The summed E-state index contributed by atoms with van der Waals surface area (Å²) in [6.07, 6.45) is 1.87. The Balaban J connectivity index is 1.94. The van der Waals surface area contributed by atoms with E-state index in [1.165, 1.54) is 12.1 Å². The monoisotopic (exact) mass is 262 g/mol. The molecule has 1 saturated heterocycles. The van der Waals surface area contributed by atoms with E-state index in [-0.39, 0.29) is 5.75 Å². The number of nitrogens with one attached hydrogen (secondary N) is 1. The molecule has 0 unspecified atom stereocenters. The predicted octanol–water partition coefficient (Wildman–Crippen LogP) is 1.59. The molecule has 5 heteroatoms. The van der Waals surface area contributed by atoms with Gasteiger partial charge in [-0.3, -0.25) is 9.59 Å². The highest BCUT2D eigenvalue weighted by molar-refractivity contribution is 6.39. The van der Waals surface area contributed by atoms with Gasteiger partial charge >= 0.3 is 11.8 Å². The fourth-order valence-corrected chi connectivity index (χ4v) is 2.12. The molecule has 2 rings (SSSR count). The van der Waals surface area contributed by atoms with E-state index in [9.17, 15) is 14.7 Å². The Kier molecular flexibility index (Phi) is 4.04. The molecule has 0 bridgehead atoms. The summed E-state index contributed by atoms with van der Waals surface area (Å²) in [5, 5.41) is 11.8. The zero-order valence-electron chi connectivity index (χ0n) is 10.9. The summed E-state index contributed by atoms with van der Waals surface area (Å²) in [5.41, 5.74) is 0.420. The van der Waals surface area contributed by atoms with Crippen LogP contribution in [0.5, 0.6) is 5.75 Å². The first-order valence-corrected chi connectivity index (χ1v) is 6.45. The Morgan fingerprint density at radius 1 is 1.32 bits per heavy atom. The van der Waals surface area contributed by atoms with Crippen LogP contribution in [0.25, 0.3) is 0 Å². The molecule has 1 aliphatic heterocycles. The van der Waals surface area contributed by atoms with Crippen LogP contribution in [-0.2, 0) is 9.59 Å². The first-order valence-electron chi connectivity index (χ1n) is 6.45. The number of phenols is 1. The molecule has 0 spiro atoms. The fourth-order valence-electron chi connectivity index (χ4n) is 2.12. The average Bonchev–Trinajstić information content (AvgIpc) is 2.39. The summed E-state index contributed by atoms with van der Waals surface area (Å²) in [5.74, 6) is -0.495. The minimum atomic E-state index is -0.653. The van der Waals surface area contributed by atoms with Gasteiger partial charge in [0.2, 0.25) is 0 Å². The quantitative estimate of drug-likeness (QED) is 0.755. The molecular weight excluding hydrogens is 244 g/mol. The maximum absolute atomic E-state index is 11.9. The van der Waals surface area contributed by atoms with Crippen LogP contribution in [0.15, 0.2) is 24.3 Å². The summed E-state index contributed by atoms with van der Waals surface area (Å²) < 4.78 is 0. The van der Waals surface area contributed by atoms with Crippen molar-refractivity contribution in [2.75, 3.05) is 18.4 Å². The maximum Gasteiger partial charge on any atom is 0.313 e. The SMILES string of the molecule is CC1CCN(C(=O)C(=O)Nc2cccc(O)c2)CC1. The number of piperidine rings is 1. The van der Waals surface area contributed by atoms with Crippen LogP contribution < -0.4 is 5.32 Å². The van der Waals surface area contributed by atoms with Crippen LogP contribution in [0.2, 0.25) is 0 Å². The first-order chi connectivity index (χ1) is 9.06. The molecule has 0 atom stereocenters. The zero-order valence-corrected chi connectivity index (χ0v) is 10.9. The number of nitrogens with zero attached hydrogens (tertiary/aromatic N) is 1. The molecule has 2 amide bonds. The van der Waals surface area contributed by atoms with Crippen LogP contribution in [0.4, 0.5) is 5.69 Å². The lowest BCUT2D eigenvalue weighted by atomic mass is 9.99. The standard InChI is InChI=1S/C14H18N2O3/c1-10-5-7-16(8-6-10)14(19)13(18)15-11-3-2-4-12(17)9-11/h2-4,9-10,17H,5-8H2,1H3,(H,15,18). The molecule has 1 aromatic rings. The van der Waals surface area contributed by atoms with Crippen molar-refractivity contribution in [3.8, 4) is 5.75 Å². The van der Waals surface area contributed by atoms with Crippen molar-refractivity contribution < 1.29 is 14.7 Å². The Bertz CT molecular complexity index is 479. The average molecular weight is 262 g/mol. The number of carbonyl (C=O) groups is 2. The lowest BCUT2D eigenvalue weighted by Gasteiger charge is -2.29. The van der Waals surface area contributed by atoms with Gasteiger partial charge in [-0.1, -0.05) is 13.0 Å². The minimum Gasteiger partial charge on any atom is -0.508 e. The smallest absolute Gasteiger partial charge is 0.313 e. The largest absolute Gasteiger partial charge is 0.508 e. The Labute approximate surface area is 112 Å². The Morgan fingerprint density at radius 2 is 2.00 bits per heavy atom. The van der Waals surface area contributed by atoms with Crippen molar-refractivity contribution in [1.82, 2.24) is 4.90 Å². The molecular formula is C14H18N2O3. The van der Waals surface area contributed by atoms with E-state index < -0.39 is 11.8 Å². The predicted molar refractivity (Wildman–Crippen MR) is 71.7 cm³/mol. The van der Waals surface area contributed by atoms with E-state index in [0.29, 0.717) is 24.7 Å². The van der Waals surface area contributed by atoms with E-state index in [4.69, 9.17) is 0 Å². The zero-order chi connectivity index (χ0) is 13.8. The highest BCUT2D eigenvalue weighted by atomic mass is 16.3. The number of likely N-dealkylation sites (tertiary alicyclic amines) is 1. The number of hydrogen-bond donors (Lipinski definition) is 2. The third-order valence-corrected chi connectivity index (χ3v) is 3.37. The second-order valence-corrected chi connectivity index (χ2v) is 4.98. The molecule has 1 heterocycles. The van der Waals surface area contributed by atoms with E-state index >= 15 is 0 Å². The lowest BCUT2D eigenvalue weighted by Crippen LogP contribution is -2.43. The molecule has 0 aromatic heterocycles. The van der Waals surface area contributed by atoms with Gasteiger partial charge in [0.05, 0.1) is 0 Å². The van der Waals surface area contributed by atoms with E-state index in [1.54, 1.807) is 17.0 Å². The molecule has 0 radical (unpaired) electrons. The molecule has 2 N–H and O–H groups in total. The van der Waals surface area contributed by atoms with Crippen molar-refractivity contribution in [2.24, 2.45) is 5.92 Å². The molecule has 0 saturated carbocycles. The molecule has 1 aromatic carbocycles. The van der Waals surface area contributed by atoms with Crippen LogP contribution in [0, 0.1) is 5.92 Å². The summed E-state index contributed by atoms with van der Waals surface area (Å²) >= 11 is 0. The van der Waals surface area contributed by atoms with Gasteiger partial charge in [0.25, 0.3) is 0 Å². The van der Waals surface area contributed by atoms with Crippen molar-refractivity contribution in [3.63, 3.8) is 0 Å². The highest BCUT2D eigenvalue weighted by Gasteiger charge is 2.25. The normalized spacial score (nSPS) is 16.2. The summed E-state index contributed by atoms with van der Waals surface area (Å²) in [6, 6.07) is 6.15. The van der Waals surface area contributed by atoms with Gasteiger partial charge in [-0.05, 0) is 30.9 Å². The number of rotatable bonds is 1. The highest BCUT2D eigenvalue weighted by Crippen LogP contribution is 2.18. The third kappa shape index (κ3) is 3.47. The minimum absolute atomic E-state index is 0.0528. The topological polar surface area (TPSA) is 69.6 Å². The number of phenolic OH excluding ortho intramolecular Hbond substituents is 1. The number of hydrogen-bond acceptors (Lipinski definition) is 3. The second-order valence-electron chi connectivity index (χ2n) is 4.98. The van der Waals surface area contributed by atoms with Gasteiger partial charge in [0.1, 0.15) is 5.75 Å². The van der Waals surface area contributed by atoms with E-state index in [2.05, 4.69) is 12.2 Å². The van der Waals surface area contributed by atoms with Crippen LogP contribution in [-0.4, -0.2) is 34.9 Å². The lowest BCUT2D eigenvalue weighted by molar-refractivity contribution is -0.144. The second kappa shape index (κ2) is 5.73.